The lowest BCUT2D eigenvalue weighted by atomic mass is 10.3. The maximum atomic E-state index is 11.3. The smallest absolute Gasteiger partial charge is 0.302 e. The predicted molar refractivity (Wildman–Crippen MR) is 50.3 cm³/mol. The number of piperazine rings is 1. The van der Waals surface area contributed by atoms with Gasteiger partial charge in [-0.2, -0.15) is 0 Å². The van der Waals surface area contributed by atoms with Gasteiger partial charge in [-0.25, -0.2) is 6.57 Å². The molecule has 0 N–H and O–H groups in total. The minimum absolute atomic E-state index is 0.0438. The molecule has 14 heavy (non-hydrogen) atoms. The van der Waals surface area contributed by atoms with E-state index in [-0.39, 0.29) is 18.4 Å². The molecule has 0 spiro atoms. The number of nitrogens with zero attached hydrogens (tertiary/aromatic N) is 3. The van der Waals surface area contributed by atoms with Gasteiger partial charge in [0, 0.05) is 33.1 Å². The average Bonchev–Trinajstić information content (AvgIpc) is 2.18. The molecule has 1 saturated heterocycles. The van der Waals surface area contributed by atoms with Crippen LogP contribution in [-0.4, -0.2) is 54.3 Å². The van der Waals surface area contributed by atoms with E-state index in [9.17, 15) is 9.59 Å². The van der Waals surface area contributed by atoms with Crippen LogP contribution in [0.1, 0.15) is 6.92 Å². The van der Waals surface area contributed by atoms with Gasteiger partial charge in [-0.15, -0.1) is 0 Å². The van der Waals surface area contributed by atoms with Gasteiger partial charge in [0.2, 0.25) is 5.91 Å². The zero-order chi connectivity index (χ0) is 10.6. The van der Waals surface area contributed by atoms with Crippen LogP contribution < -0.4 is 0 Å². The Labute approximate surface area is 83.1 Å². The van der Waals surface area contributed by atoms with Crippen LogP contribution in [0.4, 0.5) is 0 Å². The molecule has 0 aromatic heterocycles. The molecule has 1 rings (SSSR count). The van der Waals surface area contributed by atoms with E-state index in [1.54, 1.807) is 9.80 Å². The highest BCUT2D eigenvalue weighted by Crippen LogP contribution is 2.02. The lowest BCUT2D eigenvalue weighted by Crippen LogP contribution is -2.50. The number of hydrogen-bond acceptors (Lipinski definition) is 2. The Morgan fingerprint density at radius 1 is 1.21 bits per heavy atom. The van der Waals surface area contributed by atoms with Crippen LogP contribution in [0.25, 0.3) is 4.85 Å². The summed E-state index contributed by atoms with van der Waals surface area (Å²) in [6.45, 7) is 10.3. The minimum Gasteiger partial charge on any atom is -0.339 e. The monoisotopic (exact) mass is 195 g/mol. The first-order chi connectivity index (χ1) is 6.65. The van der Waals surface area contributed by atoms with Crippen LogP contribution in [0.2, 0.25) is 0 Å². The van der Waals surface area contributed by atoms with Crippen molar-refractivity contribution in [1.82, 2.24) is 9.80 Å². The zero-order valence-corrected chi connectivity index (χ0v) is 8.19. The highest BCUT2D eigenvalue weighted by atomic mass is 16.2. The number of hydrogen-bond donors (Lipinski definition) is 0. The fourth-order valence-corrected chi connectivity index (χ4v) is 1.44. The molecule has 1 aliphatic heterocycles. The van der Waals surface area contributed by atoms with E-state index < -0.39 is 0 Å². The lowest BCUT2D eigenvalue weighted by molar-refractivity contribution is -0.137. The number of rotatable bonds is 1. The number of carbonyl (C=O) groups is 2. The summed E-state index contributed by atoms with van der Waals surface area (Å²) in [5, 5.41) is 0. The van der Waals surface area contributed by atoms with E-state index in [1.165, 1.54) is 6.92 Å². The van der Waals surface area contributed by atoms with Gasteiger partial charge < -0.3 is 14.6 Å². The Bertz CT molecular complexity index is 274. The molecule has 0 aromatic rings. The molecular weight excluding hydrogens is 182 g/mol. The fraction of sp³-hybridized carbons (Fsp3) is 0.667. The number of amides is 2. The van der Waals surface area contributed by atoms with Gasteiger partial charge in [-0.3, -0.25) is 9.59 Å². The van der Waals surface area contributed by atoms with Crippen molar-refractivity contribution in [1.29, 1.82) is 0 Å². The fourth-order valence-electron chi connectivity index (χ4n) is 1.44. The van der Waals surface area contributed by atoms with Crippen molar-refractivity contribution in [3.05, 3.63) is 11.4 Å². The Kier molecular flexibility index (Phi) is 3.46. The molecule has 0 radical (unpaired) electrons. The maximum absolute atomic E-state index is 11.3. The van der Waals surface area contributed by atoms with Crippen molar-refractivity contribution in [2.45, 2.75) is 6.92 Å². The van der Waals surface area contributed by atoms with Gasteiger partial charge in [0.15, 0.2) is 0 Å². The van der Waals surface area contributed by atoms with Crippen LogP contribution in [0, 0.1) is 6.57 Å². The van der Waals surface area contributed by atoms with Crippen molar-refractivity contribution in [2.75, 3.05) is 32.7 Å². The first kappa shape index (κ1) is 10.5. The Morgan fingerprint density at radius 3 is 2.14 bits per heavy atom. The number of carbonyl (C=O) groups excluding carboxylic acids is 2. The third kappa shape index (κ3) is 2.46. The van der Waals surface area contributed by atoms with E-state index in [4.69, 9.17) is 6.57 Å². The van der Waals surface area contributed by atoms with Gasteiger partial charge in [0.25, 0.3) is 6.54 Å². The summed E-state index contributed by atoms with van der Waals surface area (Å²) in [5.74, 6) is -0.0921. The largest absolute Gasteiger partial charge is 0.339 e. The van der Waals surface area contributed by atoms with E-state index in [0.717, 1.165) is 0 Å². The highest BCUT2D eigenvalue weighted by Gasteiger charge is 2.23. The Morgan fingerprint density at radius 2 is 1.71 bits per heavy atom. The molecule has 1 fully saturated rings. The first-order valence-corrected chi connectivity index (χ1v) is 4.51. The normalized spacial score (nSPS) is 16.3. The summed E-state index contributed by atoms with van der Waals surface area (Å²) in [4.78, 5) is 28.6. The van der Waals surface area contributed by atoms with Crippen LogP contribution in [0.15, 0.2) is 0 Å². The standard InChI is InChI=1S/C9H13N3O2/c1-8(13)11-3-5-12(6-4-11)9(14)7-10-2/h3-7H2,1H3. The topological polar surface area (TPSA) is 45.0 Å². The van der Waals surface area contributed by atoms with Crippen molar-refractivity contribution in [3.63, 3.8) is 0 Å². The van der Waals surface area contributed by atoms with Gasteiger partial charge >= 0.3 is 5.91 Å². The molecule has 2 amide bonds. The summed E-state index contributed by atoms with van der Waals surface area (Å²) in [7, 11) is 0. The van der Waals surface area contributed by atoms with Crippen molar-refractivity contribution >= 4 is 11.8 Å². The zero-order valence-electron chi connectivity index (χ0n) is 8.19. The minimum atomic E-state index is -0.136. The van der Waals surface area contributed by atoms with E-state index >= 15 is 0 Å². The molecule has 0 bridgehead atoms. The van der Waals surface area contributed by atoms with Gasteiger partial charge in [0.05, 0.1) is 0 Å². The predicted octanol–water partition coefficient (Wildman–Crippen LogP) is -0.404. The molecule has 1 heterocycles. The SMILES string of the molecule is [C-]#[N+]CC(=O)N1CCN(C(C)=O)CC1. The molecule has 1 aliphatic rings. The molecule has 0 saturated carbocycles. The molecule has 0 unspecified atom stereocenters. The van der Waals surface area contributed by atoms with Crippen LogP contribution >= 0.6 is 0 Å². The Balaban J connectivity index is 2.40. The first-order valence-electron chi connectivity index (χ1n) is 4.51. The van der Waals surface area contributed by atoms with Crippen LogP contribution in [0.5, 0.6) is 0 Å². The quantitative estimate of drug-likeness (QED) is 0.534. The lowest BCUT2D eigenvalue weighted by Gasteiger charge is -2.33. The highest BCUT2D eigenvalue weighted by molar-refractivity contribution is 5.80. The molecule has 76 valence electrons. The third-order valence-corrected chi connectivity index (χ3v) is 2.29. The maximum Gasteiger partial charge on any atom is 0.302 e. The average molecular weight is 195 g/mol. The molecule has 5 nitrogen and oxygen atoms in total. The molecule has 0 atom stereocenters. The second kappa shape index (κ2) is 4.61. The van der Waals surface area contributed by atoms with Crippen LogP contribution in [-0.2, 0) is 9.59 Å². The summed E-state index contributed by atoms with van der Waals surface area (Å²) >= 11 is 0. The van der Waals surface area contributed by atoms with Gasteiger partial charge in [-0.1, -0.05) is 0 Å². The molecule has 0 aliphatic carbocycles. The van der Waals surface area contributed by atoms with Crippen molar-refractivity contribution in [2.24, 2.45) is 0 Å². The van der Waals surface area contributed by atoms with E-state index in [2.05, 4.69) is 4.85 Å². The summed E-state index contributed by atoms with van der Waals surface area (Å²) in [5.41, 5.74) is 0. The van der Waals surface area contributed by atoms with Gasteiger partial charge in [-0.05, 0) is 0 Å². The summed E-state index contributed by atoms with van der Waals surface area (Å²) < 4.78 is 0. The van der Waals surface area contributed by atoms with Crippen molar-refractivity contribution in [3.8, 4) is 0 Å². The van der Waals surface area contributed by atoms with E-state index in [1.807, 2.05) is 0 Å². The third-order valence-electron chi connectivity index (χ3n) is 2.29. The molecule has 0 aromatic carbocycles. The van der Waals surface area contributed by atoms with Gasteiger partial charge in [0.1, 0.15) is 0 Å². The molecule has 5 heteroatoms. The summed E-state index contributed by atoms with van der Waals surface area (Å²) in [6, 6.07) is 0. The second-order valence-electron chi connectivity index (χ2n) is 3.20. The van der Waals surface area contributed by atoms with E-state index in [0.29, 0.717) is 26.2 Å². The van der Waals surface area contributed by atoms with Crippen LogP contribution in [0.3, 0.4) is 0 Å². The van der Waals surface area contributed by atoms with Crippen molar-refractivity contribution < 1.29 is 9.59 Å². The molecular formula is C9H13N3O2. The second-order valence-corrected chi connectivity index (χ2v) is 3.20. The summed E-state index contributed by atoms with van der Waals surface area (Å²) in [6.07, 6.45) is 0. The Hall–Kier alpha value is -1.57.